The molecule has 0 fully saturated rings. The SMILES string of the molecule is CCNS(=O)(=O)CCNS(=O)(=O)c1ccccc1O. The lowest BCUT2D eigenvalue weighted by atomic mass is 10.3. The Hall–Kier alpha value is -1.16. The molecule has 7 nitrogen and oxygen atoms in total. The topological polar surface area (TPSA) is 113 Å². The molecule has 1 aromatic carbocycles. The van der Waals surface area contributed by atoms with Crippen LogP contribution < -0.4 is 9.44 Å². The summed E-state index contributed by atoms with van der Waals surface area (Å²) in [4.78, 5) is -0.282. The van der Waals surface area contributed by atoms with E-state index in [9.17, 15) is 21.9 Å². The number of phenolic OH excluding ortho intramolecular Hbond substituents is 1. The van der Waals surface area contributed by atoms with Crippen LogP contribution in [0.4, 0.5) is 0 Å². The molecule has 1 aromatic rings. The summed E-state index contributed by atoms with van der Waals surface area (Å²) >= 11 is 0. The van der Waals surface area contributed by atoms with E-state index in [1.54, 1.807) is 6.92 Å². The summed E-state index contributed by atoms with van der Waals surface area (Å²) in [5, 5.41) is 9.44. The summed E-state index contributed by atoms with van der Waals surface area (Å²) in [6, 6.07) is 5.42. The summed E-state index contributed by atoms with van der Waals surface area (Å²) in [5.41, 5.74) is 0. The molecule has 0 bridgehead atoms. The summed E-state index contributed by atoms with van der Waals surface area (Å²) in [6.07, 6.45) is 0. The van der Waals surface area contributed by atoms with Crippen LogP contribution in [0.5, 0.6) is 5.75 Å². The quantitative estimate of drug-likeness (QED) is 0.635. The van der Waals surface area contributed by atoms with Crippen LogP contribution in [-0.4, -0.2) is 40.8 Å². The normalized spacial score (nSPS) is 12.5. The van der Waals surface area contributed by atoms with Gasteiger partial charge in [-0.3, -0.25) is 0 Å². The summed E-state index contributed by atoms with van der Waals surface area (Å²) in [6.45, 7) is 1.60. The van der Waals surface area contributed by atoms with Gasteiger partial charge >= 0.3 is 0 Å². The van der Waals surface area contributed by atoms with Gasteiger partial charge in [-0.15, -0.1) is 0 Å². The Labute approximate surface area is 112 Å². The first-order valence-corrected chi connectivity index (χ1v) is 8.67. The number of benzene rings is 1. The van der Waals surface area contributed by atoms with E-state index < -0.39 is 20.0 Å². The van der Waals surface area contributed by atoms with Crippen molar-refractivity contribution >= 4 is 20.0 Å². The molecule has 1 rings (SSSR count). The highest BCUT2D eigenvalue weighted by molar-refractivity contribution is 7.90. The predicted octanol–water partition coefficient (Wildman–Crippen LogP) is -0.390. The van der Waals surface area contributed by atoms with Crippen molar-refractivity contribution in [3.05, 3.63) is 24.3 Å². The minimum absolute atomic E-state index is 0.245. The van der Waals surface area contributed by atoms with E-state index in [-0.39, 0.29) is 29.5 Å². The molecule has 0 radical (unpaired) electrons. The van der Waals surface area contributed by atoms with Gasteiger partial charge in [0.15, 0.2) is 0 Å². The van der Waals surface area contributed by atoms with Crippen LogP contribution in [0.3, 0.4) is 0 Å². The Kier molecular flexibility index (Phi) is 5.29. The van der Waals surface area contributed by atoms with E-state index in [1.165, 1.54) is 24.3 Å². The zero-order chi connectivity index (χ0) is 14.5. The van der Waals surface area contributed by atoms with Gasteiger partial charge in [0.1, 0.15) is 10.6 Å². The fourth-order valence-electron chi connectivity index (χ4n) is 1.36. The fraction of sp³-hybridized carbons (Fsp3) is 0.400. The molecule has 108 valence electrons. The summed E-state index contributed by atoms with van der Waals surface area (Å²) in [7, 11) is -7.41. The number of para-hydroxylation sites is 1. The first-order chi connectivity index (χ1) is 8.78. The molecule has 0 amide bonds. The number of aromatic hydroxyl groups is 1. The third-order valence-corrected chi connectivity index (χ3v) is 5.16. The molecule has 0 aliphatic rings. The molecule has 0 heterocycles. The smallest absolute Gasteiger partial charge is 0.244 e. The van der Waals surface area contributed by atoms with E-state index >= 15 is 0 Å². The van der Waals surface area contributed by atoms with Crippen molar-refractivity contribution < 1.29 is 21.9 Å². The Morgan fingerprint density at radius 3 is 2.32 bits per heavy atom. The van der Waals surface area contributed by atoms with Gasteiger partial charge in [-0.2, -0.15) is 0 Å². The monoisotopic (exact) mass is 308 g/mol. The molecule has 0 aromatic heterocycles. The van der Waals surface area contributed by atoms with Gasteiger partial charge in [-0.1, -0.05) is 19.1 Å². The Morgan fingerprint density at radius 2 is 1.74 bits per heavy atom. The molecular formula is C10H16N2O5S2. The fourth-order valence-corrected chi connectivity index (χ4v) is 3.58. The van der Waals surface area contributed by atoms with Gasteiger partial charge in [0.05, 0.1) is 5.75 Å². The molecule has 3 N–H and O–H groups in total. The maximum absolute atomic E-state index is 11.8. The highest BCUT2D eigenvalue weighted by atomic mass is 32.2. The highest BCUT2D eigenvalue weighted by Crippen LogP contribution is 2.20. The van der Waals surface area contributed by atoms with Crippen molar-refractivity contribution in [2.75, 3.05) is 18.8 Å². The lowest BCUT2D eigenvalue weighted by Crippen LogP contribution is -2.34. The predicted molar refractivity (Wildman–Crippen MR) is 70.8 cm³/mol. The lowest BCUT2D eigenvalue weighted by Gasteiger charge is -2.08. The second kappa shape index (κ2) is 6.33. The van der Waals surface area contributed by atoms with Crippen LogP contribution in [0.25, 0.3) is 0 Å². The first kappa shape index (κ1) is 15.9. The Bertz CT molecular complexity index is 625. The van der Waals surface area contributed by atoms with Crippen molar-refractivity contribution in [1.29, 1.82) is 0 Å². The molecule has 0 aliphatic heterocycles. The number of hydrogen-bond acceptors (Lipinski definition) is 5. The van der Waals surface area contributed by atoms with Crippen molar-refractivity contribution in [2.45, 2.75) is 11.8 Å². The van der Waals surface area contributed by atoms with Crippen molar-refractivity contribution in [2.24, 2.45) is 0 Å². The van der Waals surface area contributed by atoms with Gasteiger partial charge in [0.2, 0.25) is 20.0 Å². The molecular weight excluding hydrogens is 292 g/mol. The second-order valence-corrected chi connectivity index (χ2v) is 7.34. The second-order valence-electron chi connectivity index (χ2n) is 3.68. The maximum atomic E-state index is 11.8. The molecule has 0 unspecified atom stereocenters. The number of hydrogen-bond donors (Lipinski definition) is 3. The largest absolute Gasteiger partial charge is 0.507 e. The third kappa shape index (κ3) is 4.78. The molecule has 0 atom stereocenters. The average Bonchev–Trinajstić information content (AvgIpc) is 2.28. The van der Waals surface area contributed by atoms with Crippen LogP contribution in [0.1, 0.15) is 6.92 Å². The summed E-state index contributed by atoms with van der Waals surface area (Å²) in [5.74, 6) is -0.752. The number of sulfonamides is 2. The van der Waals surface area contributed by atoms with Gasteiger partial charge < -0.3 is 5.11 Å². The Morgan fingerprint density at radius 1 is 1.11 bits per heavy atom. The van der Waals surface area contributed by atoms with Gasteiger partial charge in [0.25, 0.3) is 0 Å². The standard InChI is InChI=1S/C10H16N2O5S2/c1-2-11-18(14,15)8-7-12-19(16,17)10-6-4-3-5-9(10)13/h3-6,11-13H,2,7-8H2,1H3. The van der Waals surface area contributed by atoms with Crippen LogP contribution in [0.2, 0.25) is 0 Å². The molecule has 19 heavy (non-hydrogen) atoms. The van der Waals surface area contributed by atoms with E-state index in [0.717, 1.165) is 0 Å². The van der Waals surface area contributed by atoms with E-state index in [1.807, 2.05) is 0 Å². The lowest BCUT2D eigenvalue weighted by molar-refractivity contribution is 0.458. The van der Waals surface area contributed by atoms with Gasteiger partial charge in [-0.25, -0.2) is 26.3 Å². The van der Waals surface area contributed by atoms with Crippen LogP contribution in [0, 0.1) is 0 Å². The highest BCUT2D eigenvalue weighted by Gasteiger charge is 2.18. The zero-order valence-corrected chi connectivity index (χ0v) is 12.0. The minimum Gasteiger partial charge on any atom is -0.507 e. The van der Waals surface area contributed by atoms with Crippen molar-refractivity contribution in [3.8, 4) is 5.75 Å². The summed E-state index contributed by atoms with van der Waals surface area (Å²) < 4.78 is 50.6. The molecule has 0 aliphatic carbocycles. The van der Waals surface area contributed by atoms with E-state index in [4.69, 9.17) is 0 Å². The van der Waals surface area contributed by atoms with Crippen LogP contribution >= 0.6 is 0 Å². The van der Waals surface area contributed by atoms with Gasteiger partial charge in [0, 0.05) is 13.1 Å². The van der Waals surface area contributed by atoms with Crippen molar-refractivity contribution in [3.63, 3.8) is 0 Å². The molecule has 0 spiro atoms. The maximum Gasteiger partial charge on any atom is 0.244 e. The Balaban J connectivity index is 2.70. The number of nitrogens with one attached hydrogen (secondary N) is 2. The van der Waals surface area contributed by atoms with Crippen molar-refractivity contribution in [1.82, 2.24) is 9.44 Å². The number of phenols is 1. The molecule has 9 heteroatoms. The van der Waals surface area contributed by atoms with Crippen LogP contribution in [-0.2, 0) is 20.0 Å². The minimum atomic E-state index is -3.92. The van der Waals surface area contributed by atoms with Crippen LogP contribution in [0.15, 0.2) is 29.2 Å². The first-order valence-electron chi connectivity index (χ1n) is 5.53. The van der Waals surface area contributed by atoms with Gasteiger partial charge in [-0.05, 0) is 12.1 Å². The zero-order valence-electron chi connectivity index (χ0n) is 10.3. The third-order valence-electron chi connectivity index (χ3n) is 2.18. The molecule has 0 saturated heterocycles. The van der Waals surface area contributed by atoms with E-state index in [0.29, 0.717) is 0 Å². The molecule has 0 saturated carbocycles. The average molecular weight is 308 g/mol. The number of rotatable bonds is 7. The van der Waals surface area contributed by atoms with E-state index in [2.05, 4.69) is 9.44 Å².